The Labute approximate surface area is 489 Å². The van der Waals surface area contributed by atoms with Gasteiger partial charge in [0.1, 0.15) is 13.2 Å². The molecular weight excluding hydrogens is 983 g/mol. The molecule has 462 valence electrons. The number of carboxylic acids is 1. The second kappa shape index (κ2) is 61.3. The lowest BCUT2D eigenvalue weighted by Gasteiger charge is -2.26. The molecule has 0 aliphatic carbocycles. The van der Waals surface area contributed by atoms with Crippen molar-refractivity contribution in [3.05, 3.63) is 48.6 Å². The summed E-state index contributed by atoms with van der Waals surface area (Å²) in [4.78, 5) is 37.4. The Kier molecular flexibility index (Phi) is 59.2. The molecule has 0 radical (unpaired) electrons. The first-order valence-electron chi connectivity index (χ1n) is 33.8. The van der Waals surface area contributed by atoms with E-state index in [4.69, 9.17) is 18.9 Å². The molecule has 9 nitrogen and oxygen atoms in total. The third-order valence-electron chi connectivity index (χ3n) is 15.0. The highest BCUT2D eigenvalue weighted by Crippen LogP contribution is 2.18. The van der Waals surface area contributed by atoms with E-state index >= 15 is 0 Å². The van der Waals surface area contributed by atoms with Crippen molar-refractivity contribution < 1.29 is 42.9 Å². The highest BCUT2D eigenvalue weighted by Gasteiger charge is 2.22. The molecule has 79 heavy (non-hydrogen) atoms. The van der Waals surface area contributed by atoms with Crippen molar-refractivity contribution in [2.45, 2.75) is 334 Å². The summed E-state index contributed by atoms with van der Waals surface area (Å²) in [7, 11) is 5.94. The van der Waals surface area contributed by atoms with Crippen LogP contribution in [0, 0.1) is 0 Å². The van der Waals surface area contributed by atoms with Crippen molar-refractivity contribution in [3.63, 3.8) is 0 Å². The van der Waals surface area contributed by atoms with Gasteiger partial charge in [0.2, 0.25) is 0 Å². The normalized spacial score (nSPS) is 13.0. The Morgan fingerprint density at radius 1 is 0.380 bits per heavy atom. The van der Waals surface area contributed by atoms with Crippen LogP contribution in [0.3, 0.4) is 0 Å². The van der Waals surface area contributed by atoms with E-state index in [-0.39, 0.29) is 32.2 Å². The smallest absolute Gasteiger partial charge is 0.306 e. The van der Waals surface area contributed by atoms with Crippen LogP contribution in [0.4, 0.5) is 0 Å². The van der Waals surface area contributed by atoms with Crippen LogP contribution in [0.25, 0.3) is 0 Å². The van der Waals surface area contributed by atoms with Crippen molar-refractivity contribution in [2.24, 2.45) is 0 Å². The molecule has 0 bridgehead atoms. The van der Waals surface area contributed by atoms with Crippen LogP contribution in [0.1, 0.15) is 322 Å². The zero-order valence-corrected chi connectivity index (χ0v) is 52.8. The molecule has 0 rings (SSSR count). The predicted molar refractivity (Wildman–Crippen MR) is 334 cm³/mol. The summed E-state index contributed by atoms with van der Waals surface area (Å²) in [6.07, 6.45) is 74.7. The largest absolute Gasteiger partial charge is 0.545 e. The van der Waals surface area contributed by atoms with Crippen LogP contribution in [0.2, 0.25) is 0 Å². The average Bonchev–Trinajstić information content (AvgIpc) is 3.42. The average molecular weight is 1110 g/mol. The molecule has 0 fully saturated rings. The summed E-state index contributed by atoms with van der Waals surface area (Å²) in [5.41, 5.74) is 0. The number of ether oxygens (including phenoxy) is 4. The minimum absolute atomic E-state index is 0.149. The summed E-state index contributed by atoms with van der Waals surface area (Å²) in [6.45, 7) is 4.78. The highest BCUT2D eigenvalue weighted by atomic mass is 16.7. The molecule has 0 amide bonds. The molecule has 0 aliphatic heterocycles. The Balaban J connectivity index is 4.11. The maximum atomic E-state index is 12.9. The monoisotopic (exact) mass is 1110 g/mol. The van der Waals surface area contributed by atoms with E-state index in [9.17, 15) is 19.5 Å². The van der Waals surface area contributed by atoms with E-state index < -0.39 is 24.3 Å². The second-order valence-corrected chi connectivity index (χ2v) is 24.1. The molecule has 0 saturated carbocycles. The summed E-state index contributed by atoms with van der Waals surface area (Å²) >= 11 is 0. The number of hydrogen-bond acceptors (Lipinski definition) is 8. The van der Waals surface area contributed by atoms with Crippen molar-refractivity contribution in [3.8, 4) is 0 Å². The minimum Gasteiger partial charge on any atom is -0.545 e. The number of carboxylic acid groups (broad SMARTS) is 1. The van der Waals surface area contributed by atoms with E-state index in [1.54, 1.807) is 0 Å². The number of likely N-dealkylation sites (N-methyl/N-ethyl adjacent to an activating group) is 1. The first-order chi connectivity index (χ1) is 38.6. The maximum Gasteiger partial charge on any atom is 0.306 e. The number of aliphatic carboxylic acids is 1. The van der Waals surface area contributed by atoms with Gasteiger partial charge in [-0.1, -0.05) is 281 Å². The summed E-state index contributed by atoms with van der Waals surface area (Å²) in [5, 5.41) is 11.8. The standard InChI is InChI=1S/C70H129NO8/c1-6-8-10-12-14-16-18-20-22-24-26-28-30-31-32-33-34-35-36-37-39-41-43-45-47-49-51-53-55-57-59-61-68(73)79-66(65-78-70(69(74)75)76-63-62-71(3,4)5)64-77-67(72)60-58-56-54-52-50-48-46-44-42-40-38-29-27-25-23-21-19-17-15-13-11-9-7-2/h18,20,24-27,30-31,66,70H,6-17,19,21-23,28-29,32-65H2,1-5H3/b20-18-,26-24-,27-25-,31-30-. The van der Waals surface area contributed by atoms with Gasteiger partial charge in [-0.3, -0.25) is 9.59 Å². The van der Waals surface area contributed by atoms with Crippen molar-refractivity contribution in [1.29, 1.82) is 0 Å². The first-order valence-corrected chi connectivity index (χ1v) is 33.8. The van der Waals surface area contributed by atoms with Crippen LogP contribution in [-0.2, 0) is 33.3 Å². The van der Waals surface area contributed by atoms with Gasteiger partial charge < -0.3 is 33.3 Å². The van der Waals surface area contributed by atoms with Crippen LogP contribution < -0.4 is 5.11 Å². The Morgan fingerprint density at radius 2 is 0.684 bits per heavy atom. The lowest BCUT2D eigenvalue weighted by atomic mass is 10.0. The van der Waals surface area contributed by atoms with E-state index in [1.807, 2.05) is 21.1 Å². The van der Waals surface area contributed by atoms with Crippen LogP contribution in [-0.4, -0.2) is 82.3 Å². The third-order valence-corrected chi connectivity index (χ3v) is 15.0. The topological polar surface area (TPSA) is 111 Å². The number of rotatable bonds is 63. The Hall–Kier alpha value is -2.75. The molecule has 9 heteroatoms. The van der Waals surface area contributed by atoms with Gasteiger partial charge in [0, 0.05) is 12.8 Å². The van der Waals surface area contributed by atoms with E-state index in [1.165, 1.54) is 244 Å². The lowest BCUT2D eigenvalue weighted by Crippen LogP contribution is -2.44. The zero-order chi connectivity index (χ0) is 57.6. The Morgan fingerprint density at radius 3 is 1.03 bits per heavy atom. The summed E-state index contributed by atoms with van der Waals surface area (Å²) in [5.74, 6) is -2.26. The van der Waals surface area contributed by atoms with Gasteiger partial charge in [-0.2, -0.15) is 0 Å². The number of unbranched alkanes of at least 4 members (excludes halogenated alkanes) is 40. The molecule has 0 aromatic carbocycles. The SMILES string of the molecule is CCCCCCC/C=C\C/C=C\C/C=C\CCCCCCCCCCCCCCCCCCC(=O)OC(COC(=O)CCCCCCCCCCCCC/C=C\CCCCCCCCCC)COC(OCC[N+](C)(C)C)C(=O)[O-]. The van der Waals surface area contributed by atoms with Gasteiger partial charge in [-0.15, -0.1) is 0 Å². The first kappa shape index (κ1) is 76.2. The van der Waals surface area contributed by atoms with Crippen molar-refractivity contribution in [2.75, 3.05) is 47.5 Å². The number of nitrogens with zero attached hydrogens (tertiary/aromatic N) is 1. The number of esters is 2. The van der Waals surface area contributed by atoms with Gasteiger partial charge in [0.05, 0.1) is 40.3 Å². The minimum atomic E-state index is -1.62. The van der Waals surface area contributed by atoms with E-state index in [2.05, 4.69) is 62.5 Å². The number of carbonyl (C=O) groups is 3. The molecule has 0 aliphatic rings. The fourth-order valence-electron chi connectivity index (χ4n) is 9.84. The summed E-state index contributed by atoms with van der Waals surface area (Å²) in [6, 6.07) is 0. The molecule has 2 atom stereocenters. The quantitative estimate of drug-likeness (QED) is 0.0195. The molecule has 0 saturated heterocycles. The molecule has 2 unspecified atom stereocenters. The van der Waals surface area contributed by atoms with E-state index in [0.29, 0.717) is 23.9 Å². The zero-order valence-electron chi connectivity index (χ0n) is 52.8. The van der Waals surface area contributed by atoms with Crippen LogP contribution in [0.5, 0.6) is 0 Å². The molecular formula is C70H129NO8. The second-order valence-electron chi connectivity index (χ2n) is 24.1. The predicted octanol–water partition coefficient (Wildman–Crippen LogP) is 19.2. The van der Waals surface area contributed by atoms with Crippen LogP contribution in [0.15, 0.2) is 48.6 Å². The highest BCUT2D eigenvalue weighted by molar-refractivity contribution is 5.70. The molecule has 0 aromatic rings. The molecule has 0 heterocycles. The Bertz CT molecular complexity index is 1430. The fourth-order valence-corrected chi connectivity index (χ4v) is 9.84. The summed E-state index contributed by atoms with van der Waals surface area (Å²) < 4.78 is 22.8. The number of allylic oxidation sites excluding steroid dienone is 8. The van der Waals surface area contributed by atoms with Crippen molar-refractivity contribution >= 4 is 17.9 Å². The van der Waals surface area contributed by atoms with Gasteiger partial charge >= 0.3 is 11.9 Å². The van der Waals surface area contributed by atoms with E-state index in [0.717, 1.165) is 44.9 Å². The lowest BCUT2D eigenvalue weighted by molar-refractivity contribution is -0.870. The third kappa shape index (κ3) is 62.7. The molecule has 0 spiro atoms. The number of hydrogen-bond donors (Lipinski definition) is 0. The van der Waals surface area contributed by atoms with Crippen LogP contribution >= 0.6 is 0 Å². The van der Waals surface area contributed by atoms with Gasteiger partial charge in [-0.25, -0.2) is 0 Å². The maximum absolute atomic E-state index is 12.9. The molecule has 0 N–H and O–H groups in total. The number of carbonyl (C=O) groups excluding carboxylic acids is 3. The van der Waals surface area contributed by atoms with Gasteiger partial charge in [-0.05, 0) is 77.0 Å². The fraction of sp³-hybridized carbons (Fsp3) is 0.843. The van der Waals surface area contributed by atoms with Gasteiger partial charge in [0.25, 0.3) is 0 Å². The number of quaternary nitrogens is 1. The van der Waals surface area contributed by atoms with Gasteiger partial charge in [0.15, 0.2) is 12.4 Å². The molecule has 0 aromatic heterocycles. The van der Waals surface area contributed by atoms with Crippen molar-refractivity contribution in [1.82, 2.24) is 0 Å².